The highest BCUT2D eigenvalue weighted by Crippen LogP contribution is 2.20. The average Bonchev–Trinajstić information content (AvgIpc) is 3.19. The maximum Gasteiger partial charge on any atom is 0.141 e. The van der Waals surface area contributed by atoms with Crippen LogP contribution in [0.5, 0.6) is 0 Å². The minimum atomic E-state index is 0.211. The van der Waals surface area contributed by atoms with Crippen LogP contribution < -0.4 is 5.73 Å². The zero-order valence-electron chi connectivity index (χ0n) is 15.0. The van der Waals surface area contributed by atoms with Crippen molar-refractivity contribution >= 4 is 28.1 Å². The number of benzene rings is 3. The van der Waals surface area contributed by atoms with Gasteiger partial charge in [-0.1, -0.05) is 78.0 Å². The normalized spacial score (nSPS) is 11.4. The molecule has 0 atom stereocenters. The Morgan fingerprint density at radius 2 is 1.39 bits per heavy atom. The number of rotatable bonds is 3. The molecule has 1 aromatic heterocycles. The molecule has 0 spiro atoms. The van der Waals surface area contributed by atoms with Gasteiger partial charge in [0.2, 0.25) is 0 Å². The quantitative estimate of drug-likeness (QED) is 0.429. The van der Waals surface area contributed by atoms with Gasteiger partial charge in [-0.2, -0.15) is 0 Å². The second-order valence-electron chi connectivity index (χ2n) is 6.11. The van der Waals surface area contributed by atoms with Crippen molar-refractivity contribution < 1.29 is 0 Å². The summed E-state index contributed by atoms with van der Waals surface area (Å²) >= 11 is 0. The highest BCUT2D eigenvalue weighted by Gasteiger charge is 2.12. The molecule has 4 aromatic rings. The number of para-hydroxylation sites is 1. The lowest BCUT2D eigenvalue weighted by Gasteiger charge is -2.08. The van der Waals surface area contributed by atoms with Gasteiger partial charge in [-0.05, 0) is 24.0 Å². The highest BCUT2D eigenvalue weighted by molar-refractivity contribution is 6.12. The monoisotopic (exact) mass is 363 g/mol. The minimum absolute atomic E-state index is 0.211. The fraction of sp³-hybridized carbons (Fsp3) is 0. The summed E-state index contributed by atoms with van der Waals surface area (Å²) in [5.41, 5.74) is 10.8. The first-order valence-electron chi connectivity index (χ1n) is 8.76. The summed E-state index contributed by atoms with van der Waals surface area (Å²) in [7, 11) is 0. The lowest BCUT2D eigenvalue weighted by Crippen LogP contribution is -2.08. The number of nitrogens with two attached hydrogens (primary N) is 1. The molecule has 134 valence electrons. The van der Waals surface area contributed by atoms with Crippen LogP contribution in [-0.4, -0.2) is 20.7 Å². The van der Waals surface area contributed by atoms with E-state index in [2.05, 4.69) is 22.2 Å². The lowest BCUT2D eigenvalue weighted by atomic mass is 10.1. The Morgan fingerprint density at radius 1 is 0.786 bits per heavy atom. The first-order chi connectivity index (χ1) is 13.7. The van der Waals surface area contributed by atoms with E-state index in [9.17, 15) is 0 Å². The Kier molecular flexibility index (Phi) is 4.68. The molecule has 1 heterocycles. The van der Waals surface area contributed by atoms with Gasteiger partial charge in [0.05, 0.1) is 11.2 Å². The van der Waals surface area contributed by atoms with Crippen LogP contribution in [0.3, 0.4) is 0 Å². The van der Waals surface area contributed by atoms with Crippen LogP contribution in [0.15, 0.2) is 84.9 Å². The Morgan fingerprint density at radius 3 is 2.11 bits per heavy atom. The molecule has 0 fully saturated rings. The molecule has 0 aliphatic heterocycles. The van der Waals surface area contributed by atoms with Crippen molar-refractivity contribution in [2.24, 2.45) is 5.73 Å². The Balaban J connectivity index is 1.86. The van der Waals surface area contributed by atoms with E-state index < -0.39 is 0 Å². The van der Waals surface area contributed by atoms with Crippen LogP contribution in [0.1, 0.15) is 11.1 Å². The van der Waals surface area contributed by atoms with Gasteiger partial charge in [-0.3, -0.25) is 5.41 Å². The van der Waals surface area contributed by atoms with Crippen molar-refractivity contribution in [3.05, 3.63) is 96.1 Å². The molecule has 0 saturated carbocycles. The van der Waals surface area contributed by atoms with E-state index in [1.807, 2.05) is 84.9 Å². The SMILES string of the molecule is N=C(C#C/C(=C(\N)c1ccccc1)n1nnc2ccccc21)c1ccccc1. The van der Waals surface area contributed by atoms with Gasteiger partial charge in [0, 0.05) is 11.1 Å². The third-order valence-corrected chi connectivity index (χ3v) is 4.27. The second kappa shape index (κ2) is 7.60. The van der Waals surface area contributed by atoms with Gasteiger partial charge in [0.25, 0.3) is 0 Å². The molecule has 0 saturated heterocycles. The fourth-order valence-electron chi connectivity index (χ4n) is 2.82. The van der Waals surface area contributed by atoms with E-state index in [0.29, 0.717) is 11.4 Å². The van der Waals surface area contributed by atoms with Crippen LogP contribution in [0, 0.1) is 17.3 Å². The van der Waals surface area contributed by atoms with Crippen molar-refractivity contribution in [1.29, 1.82) is 5.41 Å². The minimum Gasteiger partial charge on any atom is -0.396 e. The van der Waals surface area contributed by atoms with Crippen LogP contribution in [-0.2, 0) is 0 Å². The zero-order valence-corrected chi connectivity index (χ0v) is 15.0. The number of nitrogens with zero attached hydrogens (tertiary/aromatic N) is 3. The van der Waals surface area contributed by atoms with Crippen molar-refractivity contribution in [2.45, 2.75) is 0 Å². The number of aromatic nitrogens is 3. The molecule has 5 heteroatoms. The smallest absolute Gasteiger partial charge is 0.141 e. The molecule has 0 radical (unpaired) electrons. The maximum atomic E-state index is 8.27. The zero-order chi connectivity index (χ0) is 19.3. The molecule has 0 unspecified atom stereocenters. The van der Waals surface area contributed by atoms with Gasteiger partial charge in [-0.25, -0.2) is 4.68 Å². The molecule has 0 aliphatic carbocycles. The standard InChI is InChI=1S/C23H17N5/c24-19(17-9-3-1-4-10-17)15-16-22(23(25)18-11-5-2-6-12-18)28-21-14-8-7-13-20(21)26-27-28/h1-14,24H,25H2/b23-22+,24-19?. The Hall–Kier alpha value is -4.17. The van der Waals surface area contributed by atoms with Crippen molar-refractivity contribution in [3.63, 3.8) is 0 Å². The number of nitrogens with one attached hydrogen (secondary N) is 1. The summed E-state index contributed by atoms with van der Waals surface area (Å²) in [5, 5.41) is 16.7. The van der Waals surface area contributed by atoms with E-state index >= 15 is 0 Å². The largest absolute Gasteiger partial charge is 0.396 e. The molecular weight excluding hydrogens is 346 g/mol. The van der Waals surface area contributed by atoms with Crippen LogP contribution in [0.25, 0.3) is 22.4 Å². The van der Waals surface area contributed by atoms with Crippen molar-refractivity contribution in [3.8, 4) is 11.8 Å². The van der Waals surface area contributed by atoms with Gasteiger partial charge in [-0.15, -0.1) is 5.10 Å². The Bertz CT molecular complexity index is 1230. The van der Waals surface area contributed by atoms with Crippen LogP contribution >= 0.6 is 0 Å². The molecule has 5 nitrogen and oxygen atoms in total. The van der Waals surface area contributed by atoms with E-state index in [4.69, 9.17) is 11.1 Å². The molecule has 0 amide bonds. The summed E-state index contributed by atoms with van der Waals surface area (Å²) in [6.45, 7) is 0. The number of fused-ring (bicyclic) bond motifs is 1. The summed E-state index contributed by atoms with van der Waals surface area (Å²) in [6, 6.07) is 26.6. The predicted octanol–water partition coefficient (Wildman–Crippen LogP) is 3.79. The highest BCUT2D eigenvalue weighted by atomic mass is 15.4. The number of allylic oxidation sites excluding steroid dienone is 1. The first-order valence-corrected chi connectivity index (χ1v) is 8.76. The predicted molar refractivity (Wildman–Crippen MR) is 112 cm³/mol. The van der Waals surface area contributed by atoms with Gasteiger partial charge in [0.15, 0.2) is 0 Å². The van der Waals surface area contributed by atoms with E-state index in [0.717, 1.165) is 22.2 Å². The van der Waals surface area contributed by atoms with Crippen LogP contribution in [0.2, 0.25) is 0 Å². The molecule has 0 aliphatic rings. The topological polar surface area (TPSA) is 80.6 Å². The number of hydrogen-bond acceptors (Lipinski definition) is 4. The molecule has 3 N–H and O–H groups in total. The molecule has 4 rings (SSSR count). The van der Waals surface area contributed by atoms with Gasteiger partial charge in [0.1, 0.15) is 16.9 Å². The molecular formula is C23H17N5. The molecule has 0 bridgehead atoms. The third-order valence-electron chi connectivity index (χ3n) is 4.27. The molecule has 3 aromatic carbocycles. The fourth-order valence-corrected chi connectivity index (χ4v) is 2.82. The average molecular weight is 363 g/mol. The Labute approximate surface area is 162 Å². The third kappa shape index (κ3) is 3.39. The van der Waals surface area contributed by atoms with Crippen molar-refractivity contribution in [2.75, 3.05) is 0 Å². The van der Waals surface area contributed by atoms with E-state index in [-0.39, 0.29) is 5.71 Å². The van der Waals surface area contributed by atoms with E-state index in [1.165, 1.54) is 0 Å². The van der Waals surface area contributed by atoms with Crippen molar-refractivity contribution in [1.82, 2.24) is 15.0 Å². The van der Waals surface area contributed by atoms with Gasteiger partial charge >= 0.3 is 0 Å². The maximum absolute atomic E-state index is 8.27. The summed E-state index contributed by atoms with van der Waals surface area (Å²) in [6.07, 6.45) is 0. The van der Waals surface area contributed by atoms with Gasteiger partial charge < -0.3 is 5.73 Å². The number of hydrogen-bond donors (Lipinski definition) is 2. The molecule has 28 heavy (non-hydrogen) atoms. The first kappa shape index (κ1) is 17.3. The van der Waals surface area contributed by atoms with Crippen LogP contribution in [0.4, 0.5) is 0 Å². The van der Waals surface area contributed by atoms with E-state index in [1.54, 1.807) is 4.68 Å². The summed E-state index contributed by atoms with van der Waals surface area (Å²) in [5.74, 6) is 5.96. The lowest BCUT2D eigenvalue weighted by molar-refractivity contribution is 0.848. The second-order valence-corrected chi connectivity index (χ2v) is 6.11. The summed E-state index contributed by atoms with van der Waals surface area (Å²) in [4.78, 5) is 0. The summed E-state index contributed by atoms with van der Waals surface area (Å²) < 4.78 is 1.63.